The van der Waals surface area contributed by atoms with Gasteiger partial charge >= 0.3 is 0 Å². The Morgan fingerprint density at radius 1 is 1.00 bits per heavy atom. The lowest BCUT2D eigenvalue weighted by atomic mass is 10.00. The Hall–Kier alpha value is -3.27. The molecule has 25 heavy (non-hydrogen) atoms. The maximum absolute atomic E-state index is 6.24. The van der Waals surface area contributed by atoms with E-state index in [2.05, 4.69) is 47.2 Å². The van der Waals surface area contributed by atoms with Crippen LogP contribution >= 0.6 is 0 Å². The summed E-state index contributed by atoms with van der Waals surface area (Å²) < 4.78 is 8.25. The second kappa shape index (κ2) is 5.11. The van der Waals surface area contributed by atoms with Crippen LogP contribution in [0.4, 0.5) is 0 Å². The smallest absolute Gasteiger partial charge is 0.286 e. The molecule has 0 N–H and O–H groups in total. The van der Waals surface area contributed by atoms with E-state index < -0.39 is 0 Å². The first-order valence-corrected chi connectivity index (χ1v) is 8.23. The third-order valence-corrected chi connectivity index (χ3v) is 4.79. The number of nitrogens with zero attached hydrogens (tertiary/aromatic N) is 3. The number of hydrogen-bond donors (Lipinski definition) is 0. The fourth-order valence-electron chi connectivity index (χ4n) is 3.57. The van der Waals surface area contributed by atoms with E-state index in [-0.39, 0.29) is 0 Å². The van der Waals surface area contributed by atoms with Crippen molar-refractivity contribution in [2.24, 2.45) is 7.05 Å². The third-order valence-electron chi connectivity index (χ3n) is 4.79. The molecule has 0 saturated carbocycles. The molecule has 0 aliphatic rings. The first-order chi connectivity index (χ1) is 12.2. The molecule has 120 valence electrons. The number of pyridine rings is 1. The monoisotopic (exact) mass is 326 g/mol. The Balaban J connectivity index is 1.99. The number of hydrogen-bond acceptors (Lipinski definition) is 3. The van der Waals surface area contributed by atoms with Crippen LogP contribution in [0.25, 0.3) is 44.1 Å². The van der Waals surface area contributed by atoms with E-state index in [9.17, 15) is 0 Å². The van der Waals surface area contributed by atoms with Crippen molar-refractivity contribution in [3.63, 3.8) is 0 Å². The summed E-state index contributed by atoms with van der Waals surface area (Å²) in [6, 6.07) is 14.6. The number of aryl methyl sites for hydroxylation is 2. The minimum Gasteiger partial charge on any atom is -0.437 e. The summed E-state index contributed by atoms with van der Waals surface area (Å²) in [5, 5.41) is 4.46. The minimum absolute atomic E-state index is 0.678. The number of fused-ring (bicyclic) bond motifs is 5. The summed E-state index contributed by atoms with van der Waals surface area (Å²) in [6.45, 7) is 2.11. The molecule has 3 heterocycles. The summed E-state index contributed by atoms with van der Waals surface area (Å²) in [5.74, 6) is 0. The van der Waals surface area contributed by atoms with Crippen LogP contribution < -0.4 is 4.57 Å². The zero-order chi connectivity index (χ0) is 17.0. The van der Waals surface area contributed by atoms with Crippen molar-refractivity contribution in [2.45, 2.75) is 6.92 Å². The number of benzene rings is 2. The van der Waals surface area contributed by atoms with Gasteiger partial charge in [0.25, 0.3) is 6.33 Å². The van der Waals surface area contributed by atoms with E-state index in [0.717, 1.165) is 38.6 Å². The summed E-state index contributed by atoms with van der Waals surface area (Å²) >= 11 is 0. The Morgan fingerprint density at radius 3 is 2.76 bits per heavy atom. The molecule has 3 aromatic heterocycles. The van der Waals surface area contributed by atoms with Crippen LogP contribution in [0.15, 0.2) is 65.6 Å². The molecule has 0 fully saturated rings. The molecular formula is C21H16N3O+. The fraction of sp³-hybridized carbons (Fsp3) is 0.0952. The lowest BCUT2D eigenvalue weighted by Gasteiger charge is -2.06. The normalized spacial score (nSPS) is 11.6. The quantitative estimate of drug-likeness (QED) is 0.431. The molecule has 0 bridgehead atoms. The molecule has 0 aliphatic heterocycles. The van der Waals surface area contributed by atoms with Gasteiger partial charge in [-0.25, -0.2) is 9.55 Å². The maximum Gasteiger partial charge on any atom is 0.286 e. The van der Waals surface area contributed by atoms with Gasteiger partial charge in [-0.3, -0.25) is 0 Å². The average Bonchev–Trinajstić information content (AvgIpc) is 3.01. The van der Waals surface area contributed by atoms with Crippen molar-refractivity contribution in [1.82, 2.24) is 9.97 Å². The number of furan rings is 1. The molecular weight excluding hydrogens is 310 g/mol. The van der Waals surface area contributed by atoms with Gasteiger partial charge in [0, 0.05) is 23.0 Å². The lowest BCUT2D eigenvalue weighted by molar-refractivity contribution is -0.663. The molecule has 5 aromatic rings. The van der Waals surface area contributed by atoms with E-state index in [1.807, 2.05) is 42.5 Å². The predicted molar refractivity (Wildman–Crippen MR) is 98.2 cm³/mol. The van der Waals surface area contributed by atoms with Crippen LogP contribution in [-0.2, 0) is 7.05 Å². The van der Waals surface area contributed by atoms with Crippen LogP contribution in [-0.4, -0.2) is 9.97 Å². The van der Waals surface area contributed by atoms with Gasteiger partial charge in [-0.05, 0) is 17.9 Å². The number of aromatic nitrogens is 3. The van der Waals surface area contributed by atoms with Crippen LogP contribution in [0.3, 0.4) is 0 Å². The second-order valence-corrected chi connectivity index (χ2v) is 6.34. The van der Waals surface area contributed by atoms with E-state index >= 15 is 0 Å². The summed E-state index contributed by atoms with van der Waals surface area (Å²) in [6.07, 6.45) is 5.49. The Morgan fingerprint density at radius 2 is 1.88 bits per heavy atom. The van der Waals surface area contributed by atoms with Crippen LogP contribution in [0.2, 0.25) is 0 Å². The highest BCUT2D eigenvalue weighted by atomic mass is 16.3. The largest absolute Gasteiger partial charge is 0.437 e. The molecule has 0 spiro atoms. The van der Waals surface area contributed by atoms with E-state index in [1.165, 1.54) is 5.39 Å². The van der Waals surface area contributed by atoms with Gasteiger partial charge in [-0.2, -0.15) is 0 Å². The molecule has 2 aromatic carbocycles. The minimum atomic E-state index is 0.678. The topological polar surface area (TPSA) is 42.8 Å². The van der Waals surface area contributed by atoms with Gasteiger partial charge < -0.3 is 4.42 Å². The standard InChI is InChI=1S/C21H16N3O/c1-13-7-8-16-19-15-6-4-3-5-14(15)11-23-21(19)25-20(16)18(13)17-9-10-22-12-24(17)2/h3-12H,1-2H3/q+1. The molecule has 4 nitrogen and oxygen atoms in total. The predicted octanol–water partition coefficient (Wildman–Crippen LogP) is 4.33. The van der Waals surface area contributed by atoms with Gasteiger partial charge in [0.1, 0.15) is 17.5 Å². The molecule has 5 rings (SSSR count). The Labute approximate surface area is 144 Å². The van der Waals surface area contributed by atoms with Crippen LogP contribution in [0, 0.1) is 6.92 Å². The van der Waals surface area contributed by atoms with Crippen molar-refractivity contribution in [2.75, 3.05) is 0 Å². The second-order valence-electron chi connectivity index (χ2n) is 6.34. The summed E-state index contributed by atoms with van der Waals surface area (Å²) in [7, 11) is 2.00. The van der Waals surface area contributed by atoms with E-state index in [4.69, 9.17) is 4.42 Å². The highest BCUT2D eigenvalue weighted by molar-refractivity contribution is 6.19. The Bertz CT molecular complexity index is 1270. The van der Waals surface area contributed by atoms with Gasteiger partial charge in [-0.1, -0.05) is 41.4 Å². The van der Waals surface area contributed by atoms with Gasteiger partial charge in [-0.15, -0.1) is 0 Å². The van der Waals surface area contributed by atoms with Gasteiger partial charge in [0.05, 0.1) is 18.0 Å². The zero-order valence-corrected chi connectivity index (χ0v) is 14.0. The molecule has 0 aliphatic carbocycles. The number of rotatable bonds is 1. The summed E-state index contributed by atoms with van der Waals surface area (Å²) in [4.78, 5) is 8.73. The van der Waals surface area contributed by atoms with Crippen molar-refractivity contribution < 1.29 is 8.98 Å². The summed E-state index contributed by atoms with van der Waals surface area (Å²) in [5.41, 5.74) is 4.88. The van der Waals surface area contributed by atoms with Crippen molar-refractivity contribution >= 4 is 32.8 Å². The van der Waals surface area contributed by atoms with Crippen LogP contribution in [0.1, 0.15) is 5.56 Å². The van der Waals surface area contributed by atoms with E-state index in [0.29, 0.717) is 5.71 Å². The van der Waals surface area contributed by atoms with Gasteiger partial charge in [0.2, 0.25) is 5.71 Å². The highest BCUT2D eigenvalue weighted by Gasteiger charge is 2.20. The zero-order valence-electron chi connectivity index (χ0n) is 14.0. The third kappa shape index (κ3) is 1.97. The average molecular weight is 326 g/mol. The fourth-order valence-corrected chi connectivity index (χ4v) is 3.57. The van der Waals surface area contributed by atoms with Gasteiger partial charge in [0.15, 0.2) is 0 Å². The van der Waals surface area contributed by atoms with Crippen LogP contribution in [0.5, 0.6) is 0 Å². The first kappa shape index (κ1) is 14.1. The Kier molecular flexibility index (Phi) is 2.88. The molecule has 4 heteroatoms. The van der Waals surface area contributed by atoms with Crippen molar-refractivity contribution in [1.29, 1.82) is 0 Å². The maximum atomic E-state index is 6.24. The highest BCUT2D eigenvalue weighted by Crippen LogP contribution is 2.38. The van der Waals surface area contributed by atoms with Crippen molar-refractivity contribution in [3.8, 4) is 11.3 Å². The molecule has 0 atom stereocenters. The molecule has 0 saturated heterocycles. The lowest BCUT2D eigenvalue weighted by Crippen LogP contribution is -2.31. The molecule has 0 radical (unpaired) electrons. The first-order valence-electron chi connectivity index (χ1n) is 8.23. The SMILES string of the molecule is Cc1ccc2c(oc3ncc4ccccc4c32)c1-c1ccnc[n+]1C. The van der Waals surface area contributed by atoms with E-state index in [1.54, 1.807) is 0 Å². The van der Waals surface area contributed by atoms with Crippen molar-refractivity contribution in [3.05, 3.63) is 66.7 Å². The molecule has 0 amide bonds. The molecule has 0 unspecified atom stereocenters.